The second-order valence-corrected chi connectivity index (χ2v) is 8.21. The molecule has 0 unspecified atom stereocenters. The van der Waals surface area contributed by atoms with Crippen LogP contribution in [0.25, 0.3) is 21.2 Å². The van der Waals surface area contributed by atoms with Crippen molar-refractivity contribution in [2.24, 2.45) is 0 Å². The van der Waals surface area contributed by atoms with Gasteiger partial charge in [-0.3, -0.25) is 4.79 Å². The SMILES string of the molecule is COCCNC(=O)c1cccc(-c2cccc3cc(Cc4cccc(F)c4)sc23)c1. The van der Waals surface area contributed by atoms with E-state index in [2.05, 4.69) is 23.5 Å². The van der Waals surface area contributed by atoms with E-state index in [1.54, 1.807) is 30.6 Å². The van der Waals surface area contributed by atoms with Gasteiger partial charge in [0.15, 0.2) is 0 Å². The zero-order valence-corrected chi connectivity index (χ0v) is 17.5. The Morgan fingerprint density at radius 1 is 1.03 bits per heavy atom. The average Bonchev–Trinajstić information content (AvgIpc) is 3.16. The van der Waals surface area contributed by atoms with Crippen molar-refractivity contribution in [2.75, 3.05) is 20.3 Å². The smallest absolute Gasteiger partial charge is 0.251 e. The number of ether oxygens (including phenoxy) is 1. The summed E-state index contributed by atoms with van der Waals surface area (Å²) in [7, 11) is 1.61. The molecule has 4 aromatic rings. The molecular formula is C25H22FNO2S. The standard InChI is InChI=1S/C25H22FNO2S/c1-29-12-11-27-25(28)20-8-3-6-18(15-20)23-10-4-7-19-16-22(30-24(19)23)14-17-5-2-9-21(26)13-17/h2-10,13,15-16H,11-12,14H2,1H3,(H,27,28). The van der Waals surface area contributed by atoms with Gasteiger partial charge >= 0.3 is 0 Å². The number of hydrogen-bond donors (Lipinski definition) is 1. The van der Waals surface area contributed by atoms with Crippen LogP contribution < -0.4 is 5.32 Å². The first-order valence-electron chi connectivity index (χ1n) is 9.77. The highest BCUT2D eigenvalue weighted by Crippen LogP contribution is 2.36. The predicted molar refractivity (Wildman–Crippen MR) is 121 cm³/mol. The van der Waals surface area contributed by atoms with E-state index in [-0.39, 0.29) is 11.7 Å². The molecule has 5 heteroatoms. The van der Waals surface area contributed by atoms with Crippen LogP contribution >= 0.6 is 11.3 Å². The molecule has 0 aliphatic heterocycles. The molecule has 0 bridgehead atoms. The summed E-state index contributed by atoms with van der Waals surface area (Å²) < 4.78 is 19.7. The van der Waals surface area contributed by atoms with Gasteiger partial charge in [0, 0.05) is 35.2 Å². The predicted octanol–water partition coefficient (Wildman–Crippen LogP) is 5.67. The number of fused-ring (bicyclic) bond motifs is 1. The van der Waals surface area contributed by atoms with Gasteiger partial charge in [-0.25, -0.2) is 4.39 Å². The normalized spacial score (nSPS) is 11.0. The lowest BCUT2D eigenvalue weighted by Gasteiger charge is -2.08. The Kier molecular flexibility index (Phi) is 6.21. The number of amides is 1. The van der Waals surface area contributed by atoms with Gasteiger partial charge in [0.05, 0.1) is 6.61 Å². The molecule has 3 aromatic carbocycles. The van der Waals surface area contributed by atoms with Crippen LogP contribution in [-0.4, -0.2) is 26.2 Å². The third-order valence-corrected chi connectivity index (χ3v) is 6.07. The van der Waals surface area contributed by atoms with Crippen molar-refractivity contribution in [1.82, 2.24) is 5.32 Å². The number of halogens is 1. The first-order chi connectivity index (χ1) is 14.6. The summed E-state index contributed by atoms with van der Waals surface area (Å²) in [5.74, 6) is -0.325. The molecule has 0 saturated heterocycles. The second-order valence-electron chi connectivity index (χ2n) is 7.07. The molecule has 0 atom stereocenters. The number of rotatable bonds is 7. The van der Waals surface area contributed by atoms with Crippen molar-refractivity contribution in [1.29, 1.82) is 0 Å². The number of methoxy groups -OCH3 is 1. The minimum absolute atomic E-state index is 0.112. The van der Waals surface area contributed by atoms with E-state index in [0.717, 1.165) is 22.1 Å². The highest BCUT2D eigenvalue weighted by Gasteiger charge is 2.11. The number of carbonyl (C=O) groups excluding carboxylic acids is 1. The summed E-state index contributed by atoms with van der Waals surface area (Å²) in [5.41, 5.74) is 3.67. The van der Waals surface area contributed by atoms with Gasteiger partial charge in [-0.05, 0) is 52.4 Å². The maximum Gasteiger partial charge on any atom is 0.251 e. The molecule has 30 heavy (non-hydrogen) atoms. The van der Waals surface area contributed by atoms with Gasteiger partial charge in [0.1, 0.15) is 5.82 Å². The van der Waals surface area contributed by atoms with Gasteiger partial charge in [-0.1, -0.05) is 42.5 Å². The number of carbonyl (C=O) groups is 1. The quantitative estimate of drug-likeness (QED) is 0.392. The Labute approximate surface area is 179 Å². The van der Waals surface area contributed by atoms with Gasteiger partial charge in [0.2, 0.25) is 0 Å². The van der Waals surface area contributed by atoms with Gasteiger partial charge in [0.25, 0.3) is 5.91 Å². The molecule has 0 radical (unpaired) electrons. The topological polar surface area (TPSA) is 38.3 Å². The Morgan fingerprint density at radius 2 is 1.87 bits per heavy atom. The van der Waals surface area contributed by atoms with Crippen molar-refractivity contribution in [3.05, 3.63) is 94.6 Å². The van der Waals surface area contributed by atoms with E-state index in [1.165, 1.54) is 15.6 Å². The third kappa shape index (κ3) is 4.58. The van der Waals surface area contributed by atoms with Crippen LogP contribution in [0.2, 0.25) is 0 Å². The first-order valence-corrected chi connectivity index (χ1v) is 10.6. The van der Waals surface area contributed by atoms with Gasteiger partial charge < -0.3 is 10.1 Å². The Morgan fingerprint density at radius 3 is 2.70 bits per heavy atom. The Bertz CT molecular complexity index is 1180. The largest absolute Gasteiger partial charge is 0.383 e. The zero-order chi connectivity index (χ0) is 20.9. The number of nitrogens with one attached hydrogen (secondary N) is 1. The van der Waals surface area contributed by atoms with Crippen molar-refractivity contribution >= 4 is 27.3 Å². The summed E-state index contributed by atoms with van der Waals surface area (Å²) in [5, 5.41) is 4.01. The summed E-state index contributed by atoms with van der Waals surface area (Å²) in [6.07, 6.45) is 0.693. The van der Waals surface area contributed by atoms with Crippen molar-refractivity contribution in [3.8, 4) is 11.1 Å². The molecule has 1 N–H and O–H groups in total. The molecule has 0 fully saturated rings. The van der Waals surface area contributed by atoms with Gasteiger partial charge in [-0.15, -0.1) is 11.3 Å². The summed E-state index contributed by atoms with van der Waals surface area (Å²) in [6.45, 7) is 0.956. The number of hydrogen-bond acceptors (Lipinski definition) is 3. The average molecular weight is 420 g/mol. The summed E-state index contributed by atoms with van der Waals surface area (Å²) >= 11 is 1.71. The fourth-order valence-corrected chi connectivity index (χ4v) is 4.70. The molecule has 0 saturated carbocycles. The fraction of sp³-hybridized carbons (Fsp3) is 0.160. The molecule has 0 aliphatic rings. The molecule has 4 rings (SSSR count). The van der Waals surface area contributed by atoms with E-state index in [0.29, 0.717) is 25.1 Å². The van der Waals surface area contributed by atoms with Crippen molar-refractivity contribution in [3.63, 3.8) is 0 Å². The van der Waals surface area contributed by atoms with Crippen LogP contribution in [-0.2, 0) is 11.2 Å². The van der Waals surface area contributed by atoms with Crippen LogP contribution in [0, 0.1) is 5.82 Å². The van der Waals surface area contributed by atoms with Gasteiger partial charge in [-0.2, -0.15) is 0 Å². The molecule has 152 valence electrons. The monoisotopic (exact) mass is 419 g/mol. The third-order valence-electron chi connectivity index (χ3n) is 4.89. The number of thiophene rings is 1. The lowest BCUT2D eigenvalue weighted by atomic mass is 10.0. The van der Waals surface area contributed by atoms with Crippen LogP contribution in [0.5, 0.6) is 0 Å². The molecule has 1 heterocycles. The molecule has 3 nitrogen and oxygen atoms in total. The van der Waals surface area contributed by atoms with E-state index in [1.807, 2.05) is 36.4 Å². The van der Waals surface area contributed by atoms with Crippen molar-refractivity contribution in [2.45, 2.75) is 6.42 Å². The lowest BCUT2D eigenvalue weighted by molar-refractivity contribution is 0.0937. The second kappa shape index (κ2) is 9.20. The maximum absolute atomic E-state index is 13.5. The number of benzene rings is 3. The summed E-state index contributed by atoms with van der Waals surface area (Å²) in [6, 6.07) is 22.7. The minimum Gasteiger partial charge on any atom is -0.383 e. The lowest BCUT2D eigenvalue weighted by Crippen LogP contribution is -2.26. The van der Waals surface area contributed by atoms with E-state index < -0.39 is 0 Å². The van der Waals surface area contributed by atoms with Crippen molar-refractivity contribution < 1.29 is 13.9 Å². The highest BCUT2D eigenvalue weighted by atomic mass is 32.1. The minimum atomic E-state index is -0.213. The molecule has 1 aromatic heterocycles. The van der Waals surface area contributed by atoms with Crippen LogP contribution in [0.4, 0.5) is 4.39 Å². The Hall–Kier alpha value is -3.02. The fourth-order valence-electron chi connectivity index (χ4n) is 3.48. The van der Waals surface area contributed by atoms with E-state index in [4.69, 9.17) is 4.74 Å². The zero-order valence-electron chi connectivity index (χ0n) is 16.7. The van der Waals surface area contributed by atoms with E-state index in [9.17, 15) is 9.18 Å². The highest BCUT2D eigenvalue weighted by molar-refractivity contribution is 7.19. The molecule has 0 spiro atoms. The molecule has 0 aliphatic carbocycles. The maximum atomic E-state index is 13.5. The summed E-state index contributed by atoms with van der Waals surface area (Å²) in [4.78, 5) is 13.6. The Balaban J connectivity index is 1.64. The van der Waals surface area contributed by atoms with Crippen LogP contribution in [0.3, 0.4) is 0 Å². The van der Waals surface area contributed by atoms with Crippen LogP contribution in [0.15, 0.2) is 72.8 Å². The molecular weight excluding hydrogens is 397 g/mol. The van der Waals surface area contributed by atoms with Crippen LogP contribution in [0.1, 0.15) is 20.8 Å². The van der Waals surface area contributed by atoms with E-state index >= 15 is 0 Å². The molecule has 1 amide bonds. The first kappa shape index (κ1) is 20.3.